The van der Waals surface area contributed by atoms with Crippen LogP contribution in [0.1, 0.15) is 35.7 Å². The van der Waals surface area contributed by atoms with Crippen molar-refractivity contribution >= 4 is 21.6 Å². The van der Waals surface area contributed by atoms with E-state index >= 15 is 0 Å². The summed E-state index contributed by atoms with van der Waals surface area (Å²) in [5.41, 5.74) is 1.55. The second-order valence-electron chi connectivity index (χ2n) is 5.95. The van der Waals surface area contributed by atoms with E-state index in [9.17, 15) is 13.2 Å². The van der Waals surface area contributed by atoms with Gasteiger partial charge in [0.1, 0.15) is 5.75 Å². The van der Waals surface area contributed by atoms with Gasteiger partial charge >= 0.3 is 0 Å². The number of carbonyl (C=O) groups is 1. The van der Waals surface area contributed by atoms with Crippen LogP contribution in [0.4, 0.5) is 5.69 Å². The van der Waals surface area contributed by atoms with E-state index < -0.39 is 10.0 Å². The Labute approximate surface area is 154 Å². The standard InChI is InChI=1S/C19H24N2O4S/c1-4-5-11-20-19(22)15-7-6-8-16(13-15)26(23,24)21-17-12-14(2)9-10-18(17)25-3/h6-10,12-13,21H,4-5,11H2,1-3H3,(H,20,22). The molecule has 0 bridgehead atoms. The Kier molecular flexibility index (Phi) is 6.63. The van der Waals surface area contributed by atoms with Crippen LogP contribution in [-0.4, -0.2) is 28.0 Å². The molecule has 2 rings (SSSR count). The number of ether oxygens (including phenoxy) is 1. The lowest BCUT2D eigenvalue weighted by atomic mass is 10.2. The zero-order valence-corrected chi connectivity index (χ0v) is 16.0. The van der Waals surface area contributed by atoms with Gasteiger partial charge in [-0.2, -0.15) is 0 Å². The van der Waals surface area contributed by atoms with Crippen LogP contribution in [-0.2, 0) is 10.0 Å². The molecule has 0 atom stereocenters. The number of anilines is 1. The molecular weight excluding hydrogens is 352 g/mol. The molecule has 0 heterocycles. The zero-order valence-electron chi connectivity index (χ0n) is 15.2. The van der Waals surface area contributed by atoms with Crippen molar-refractivity contribution in [3.63, 3.8) is 0 Å². The topological polar surface area (TPSA) is 84.5 Å². The minimum Gasteiger partial charge on any atom is -0.495 e. The molecule has 2 aromatic rings. The van der Waals surface area contributed by atoms with E-state index in [1.54, 1.807) is 24.3 Å². The van der Waals surface area contributed by atoms with Crippen LogP contribution in [0.15, 0.2) is 47.4 Å². The molecule has 0 saturated heterocycles. The van der Waals surface area contributed by atoms with Gasteiger partial charge in [-0.25, -0.2) is 8.42 Å². The highest BCUT2D eigenvalue weighted by atomic mass is 32.2. The number of methoxy groups -OCH3 is 1. The third-order valence-electron chi connectivity index (χ3n) is 3.82. The van der Waals surface area contributed by atoms with Crippen molar-refractivity contribution < 1.29 is 17.9 Å². The molecule has 0 aliphatic heterocycles. The lowest BCUT2D eigenvalue weighted by molar-refractivity contribution is 0.0953. The van der Waals surface area contributed by atoms with Crippen LogP contribution < -0.4 is 14.8 Å². The maximum atomic E-state index is 12.7. The monoisotopic (exact) mass is 376 g/mol. The number of carbonyl (C=O) groups excluding carboxylic acids is 1. The van der Waals surface area contributed by atoms with Crippen molar-refractivity contribution in [1.29, 1.82) is 0 Å². The van der Waals surface area contributed by atoms with Gasteiger partial charge in [0, 0.05) is 12.1 Å². The summed E-state index contributed by atoms with van der Waals surface area (Å²) in [6.45, 7) is 4.45. The Morgan fingerprint density at radius 2 is 1.92 bits per heavy atom. The first-order chi connectivity index (χ1) is 12.4. The Balaban J connectivity index is 2.26. The minimum atomic E-state index is -3.85. The first-order valence-electron chi connectivity index (χ1n) is 8.43. The summed E-state index contributed by atoms with van der Waals surface area (Å²) in [4.78, 5) is 12.2. The third kappa shape index (κ3) is 4.98. The molecule has 1 amide bonds. The van der Waals surface area contributed by atoms with E-state index in [1.807, 2.05) is 19.9 Å². The normalized spacial score (nSPS) is 11.0. The molecule has 140 valence electrons. The number of amides is 1. The van der Waals surface area contributed by atoms with Crippen molar-refractivity contribution in [2.24, 2.45) is 0 Å². The first kappa shape index (κ1) is 19.8. The third-order valence-corrected chi connectivity index (χ3v) is 5.18. The molecule has 0 radical (unpaired) electrons. The number of benzene rings is 2. The molecule has 0 saturated carbocycles. The molecule has 7 heteroatoms. The molecule has 0 aliphatic rings. The van der Waals surface area contributed by atoms with E-state index in [4.69, 9.17) is 4.74 Å². The number of aryl methyl sites for hydroxylation is 1. The molecule has 0 fully saturated rings. The quantitative estimate of drug-likeness (QED) is 0.692. The fraction of sp³-hybridized carbons (Fsp3) is 0.316. The van der Waals surface area contributed by atoms with Crippen LogP contribution in [0.2, 0.25) is 0 Å². The number of nitrogens with one attached hydrogen (secondary N) is 2. The summed E-state index contributed by atoms with van der Waals surface area (Å²) in [6, 6.07) is 11.2. The molecule has 0 spiro atoms. The van der Waals surface area contributed by atoms with E-state index in [0.717, 1.165) is 18.4 Å². The first-order valence-corrected chi connectivity index (χ1v) is 9.91. The molecule has 0 unspecified atom stereocenters. The highest BCUT2D eigenvalue weighted by Gasteiger charge is 2.18. The van der Waals surface area contributed by atoms with Crippen LogP contribution in [0.25, 0.3) is 0 Å². The van der Waals surface area contributed by atoms with Crippen molar-refractivity contribution in [2.45, 2.75) is 31.6 Å². The van der Waals surface area contributed by atoms with E-state index in [0.29, 0.717) is 23.5 Å². The highest BCUT2D eigenvalue weighted by molar-refractivity contribution is 7.92. The Hall–Kier alpha value is -2.54. The van der Waals surface area contributed by atoms with Gasteiger partial charge in [0.15, 0.2) is 0 Å². The van der Waals surface area contributed by atoms with Crippen molar-refractivity contribution in [1.82, 2.24) is 5.32 Å². The Bertz CT molecular complexity index is 879. The van der Waals surface area contributed by atoms with E-state index in [-0.39, 0.29) is 10.8 Å². The largest absolute Gasteiger partial charge is 0.495 e. The average molecular weight is 376 g/mol. The predicted molar refractivity (Wildman–Crippen MR) is 102 cm³/mol. The lowest BCUT2D eigenvalue weighted by Crippen LogP contribution is -2.24. The van der Waals surface area contributed by atoms with Crippen molar-refractivity contribution in [3.8, 4) is 5.75 Å². The van der Waals surface area contributed by atoms with Gasteiger partial charge in [0.05, 0.1) is 17.7 Å². The fourth-order valence-electron chi connectivity index (χ4n) is 2.39. The summed E-state index contributed by atoms with van der Waals surface area (Å²) in [5.74, 6) is 0.135. The van der Waals surface area contributed by atoms with Crippen LogP contribution >= 0.6 is 0 Å². The second kappa shape index (κ2) is 8.71. The van der Waals surface area contributed by atoms with Gasteiger partial charge in [0.25, 0.3) is 15.9 Å². The smallest absolute Gasteiger partial charge is 0.262 e. The highest BCUT2D eigenvalue weighted by Crippen LogP contribution is 2.28. The number of hydrogen-bond acceptors (Lipinski definition) is 4. The summed E-state index contributed by atoms with van der Waals surface area (Å²) in [5, 5.41) is 2.78. The SMILES string of the molecule is CCCCNC(=O)c1cccc(S(=O)(=O)Nc2cc(C)ccc2OC)c1. The molecule has 0 aliphatic carbocycles. The number of hydrogen-bond donors (Lipinski definition) is 2. The average Bonchev–Trinajstić information content (AvgIpc) is 2.62. The molecule has 2 N–H and O–H groups in total. The van der Waals surface area contributed by atoms with Gasteiger partial charge in [-0.3, -0.25) is 9.52 Å². The van der Waals surface area contributed by atoms with E-state index in [1.165, 1.54) is 19.2 Å². The number of unbranched alkanes of at least 4 members (excludes halogenated alkanes) is 1. The summed E-state index contributed by atoms with van der Waals surface area (Å²) < 4.78 is 33.2. The number of sulfonamides is 1. The van der Waals surface area contributed by atoms with Crippen LogP contribution in [0, 0.1) is 6.92 Å². The van der Waals surface area contributed by atoms with Gasteiger partial charge < -0.3 is 10.1 Å². The lowest BCUT2D eigenvalue weighted by Gasteiger charge is -2.13. The fourth-order valence-corrected chi connectivity index (χ4v) is 3.50. The van der Waals surface area contributed by atoms with Gasteiger partial charge in [-0.05, 0) is 49.2 Å². The summed E-state index contributed by atoms with van der Waals surface area (Å²) in [6.07, 6.45) is 1.84. The Morgan fingerprint density at radius 1 is 1.15 bits per heavy atom. The number of rotatable bonds is 8. The Morgan fingerprint density at radius 3 is 2.62 bits per heavy atom. The zero-order chi connectivity index (χ0) is 19.2. The van der Waals surface area contributed by atoms with E-state index in [2.05, 4.69) is 10.0 Å². The predicted octanol–water partition coefficient (Wildman–Crippen LogP) is 3.33. The maximum absolute atomic E-state index is 12.7. The second-order valence-corrected chi connectivity index (χ2v) is 7.63. The minimum absolute atomic E-state index is 0.0178. The molecular formula is C19H24N2O4S. The summed E-state index contributed by atoms with van der Waals surface area (Å²) in [7, 11) is -2.38. The van der Waals surface area contributed by atoms with Gasteiger partial charge in [0.2, 0.25) is 0 Å². The van der Waals surface area contributed by atoms with Crippen molar-refractivity contribution in [3.05, 3.63) is 53.6 Å². The van der Waals surface area contributed by atoms with Crippen LogP contribution in [0.3, 0.4) is 0 Å². The van der Waals surface area contributed by atoms with Crippen molar-refractivity contribution in [2.75, 3.05) is 18.4 Å². The molecule has 6 nitrogen and oxygen atoms in total. The van der Waals surface area contributed by atoms with Crippen LogP contribution in [0.5, 0.6) is 5.75 Å². The molecule has 26 heavy (non-hydrogen) atoms. The molecule has 2 aromatic carbocycles. The van der Waals surface area contributed by atoms with Gasteiger partial charge in [-0.15, -0.1) is 0 Å². The maximum Gasteiger partial charge on any atom is 0.262 e. The van der Waals surface area contributed by atoms with Gasteiger partial charge in [-0.1, -0.05) is 25.5 Å². The molecule has 0 aromatic heterocycles. The summed E-state index contributed by atoms with van der Waals surface area (Å²) >= 11 is 0.